The summed E-state index contributed by atoms with van der Waals surface area (Å²) < 4.78 is 0. The number of likely N-dealkylation sites (N-methyl/N-ethyl adjacent to an activating group) is 1. The van der Waals surface area contributed by atoms with Crippen molar-refractivity contribution in [1.29, 1.82) is 0 Å². The van der Waals surface area contributed by atoms with Gasteiger partial charge in [0.2, 0.25) is 5.91 Å². The number of carbonyl (C=O) groups is 1. The minimum absolute atomic E-state index is 0. The highest BCUT2D eigenvalue weighted by molar-refractivity contribution is 5.86. The lowest BCUT2D eigenvalue weighted by atomic mass is 10.1. The molecule has 5 nitrogen and oxygen atoms in total. The zero-order valence-corrected chi connectivity index (χ0v) is 18.3. The van der Waals surface area contributed by atoms with Crippen molar-refractivity contribution in [3.63, 3.8) is 0 Å². The molecule has 0 aromatic heterocycles. The van der Waals surface area contributed by atoms with Crippen LogP contribution in [-0.4, -0.2) is 75.6 Å². The van der Waals surface area contributed by atoms with Crippen LogP contribution < -0.4 is 10.2 Å². The van der Waals surface area contributed by atoms with Crippen LogP contribution in [-0.2, 0) is 4.79 Å². The number of hydrogen-bond acceptors (Lipinski definition) is 4. The number of rotatable bonds is 7. The Morgan fingerprint density at radius 2 is 1.69 bits per heavy atom. The molecule has 1 unspecified atom stereocenters. The molecule has 1 atom stereocenters. The molecule has 1 saturated heterocycles. The van der Waals surface area contributed by atoms with Gasteiger partial charge in [0.05, 0.1) is 0 Å². The molecule has 0 aliphatic carbocycles. The number of amides is 1. The SMILES string of the molecule is CNCC(C)C(=O)N(C)CCN1CCN(c2ccccc2)CC1.Cl.Cl.Cl. The Labute approximate surface area is 176 Å². The minimum atomic E-state index is 0. The molecule has 2 rings (SSSR count). The number of para-hydroxylation sites is 1. The van der Waals surface area contributed by atoms with Gasteiger partial charge in [0, 0.05) is 64.5 Å². The fraction of sp³-hybridized carbons (Fsp3) is 0.611. The number of nitrogens with one attached hydrogen (secondary N) is 1. The van der Waals surface area contributed by atoms with Gasteiger partial charge < -0.3 is 15.1 Å². The molecule has 1 fully saturated rings. The number of anilines is 1. The van der Waals surface area contributed by atoms with Crippen LogP contribution in [0.15, 0.2) is 30.3 Å². The number of hydrogen-bond donors (Lipinski definition) is 1. The second-order valence-corrected chi connectivity index (χ2v) is 6.38. The Morgan fingerprint density at radius 3 is 2.23 bits per heavy atom. The van der Waals surface area contributed by atoms with Gasteiger partial charge in [0.25, 0.3) is 0 Å². The maximum absolute atomic E-state index is 12.2. The lowest BCUT2D eigenvalue weighted by molar-refractivity contribution is -0.133. The van der Waals surface area contributed by atoms with E-state index in [1.807, 2.05) is 25.9 Å². The fourth-order valence-corrected chi connectivity index (χ4v) is 3.04. The van der Waals surface area contributed by atoms with Crippen LogP contribution >= 0.6 is 37.2 Å². The molecule has 8 heteroatoms. The molecule has 1 aliphatic heterocycles. The molecule has 1 amide bonds. The van der Waals surface area contributed by atoms with E-state index in [1.54, 1.807) is 0 Å². The maximum Gasteiger partial charge on any atom is 0.226 e. The van der Waals surface area contributed by atoms with Crippen LogP contribution in [0, 0.1) is 5.92 Å². The van der Waals surface area contributed by atoms with E-state index in [0.29, 0.717) is 0 Å². The van der Waals surface area contributed by atoms with Gasteiger partial charge >= 0.3 is 0 Å². The summed E-state index contributed by atoms with van der Waals surface area (Å²) in [4.78, 5) is 18.9. The lowest BCUT2D eigenvalue weighted by Gasteiger charge is -2.36. The van der Waals surface area contributed by atoms with Crippen LogP contribution in [0.4, 0.5) is 5.69 Å². The van der Waals surface area contributed by atoms with E-state index in [9.17, 15) is 4.79 Å². The molecule has 26 heavy (non-hydrogen) atoms. The predicted octanol–water partition coefficient (Wildman–Crippen LogP) is 2.39. The first-order valence-corrected chi connectivity index (χ1v) is 8.53. The molecule has 1 aromatic rings. The van der Waals surface area contributed by atoms with Gasteiger partial charge in [-0.25, -0.2) is 0 Å². The van der Waals surface area contributed by atoms with Crippen LogP contribution in [0.2, 0.25) is 0 Å². The van der Waals surface area contributed by atoms with E-state index in [1.165, 1.54) is 5.69 Å². The normalized spacial score (nSPS) is 15.1. The van der Waals surface area contributed by atoms with Gasteiger partial charge in [0.1, 0.15) is 0 Å². The second kappa shape index (κ2) is 14.4. The Hall–Kier alpha value is -0.720. The Kier molecular flexibility index (Phi) is 15.2. The average molecular weight is 428 g/mol. The molecular weight excluding hydrogens is 395 g/mol. The largest absolute Gasteiger partial charge is 0.369 e. The highest BCUT2D eigenvalue weighted by atomic mass is 35.5. The van der Waals surface area contributed by atoms with Gasteiger partial charge in [-0.2, -0.15) is 0 Å². The summed E-state index contributed by atoms with van der Waals surface area (Å²) in [5.41, 5.74) is 1.31. The third-order valence-electron chi connectivity index (χ3n) is 4.55. The van der Waals surface area contributed by atoms with Crippen molar-refractivity contribution in [2.75, 3.05) is 64.8 Å². The van der Waals surface area contributed by atoms with E-state index in [2.05, 4.69) is 45.4 Å². The van der Waals surface area contributed by atoms with E-state index < -0.39 is 0 Å². The van der Waals surface area contributed by atoms with E-state index >= 15 is 0 Å². The molecule has 152 valence electrons. The smallest absolute Gasteiger partial charge is 0.226 e. The molecule has 0 radical (unpaired) electrons. The van der Waals surface area contributed by atoms with Gasteiger partial charge in [-0.1, -0.05) is 25.1 Å². The summed E-state index contributed by atoms with van der Waals surface area (Å²) in [5, 5.41) is 3.07. The molecule has 1 aliphatic rings. The first-order valence-electron chi connectivity index (χ1n) is 8.53. The highest BCUT2D eigenvalue weighted by Crippen LogP contribution is 2.15. The van der Waals surface area contributed by atoms with Crippen molar-refractivity contribution >= 4 is 48.8 Å². The van der Waals surface area contributed by atoms with Crippen molar-refractivity contribution in [3.8, 4) is 0 Å². The maximum atomic E-state index is 12.2. The van der Waals surface area contributed by atoms with Crippen molar-refractivity contribution < 1.29 is 4.79 Å². The molecule has 1 N–H and O–H groups in total. The Bertz CT molecular complexity index is 485. The molecule has 0 saturated carbocycles. The second-order valence-electron chi connectivity index (χ2n) is 6.38. The highest BCUT2D eigenvalue weighted by Gasteiger charge is 2.20. The van der Waals surface area contributed by atoms with E-state index in [4.69, 9.17) is 0 Å². The lowest BCUT2D eigenvalue weighted by Crippen LogP contribution is -2.49. The summed E-state index contributed by atoms with van der Waals surface area (Å²) in [5.74, 6) is 0.266. The molecule has 0 bridgehead atoms. The summed E-state index contributed by atoms with van der Waals surface area (Å²) in [7, 11) is 3.80. The standard InChI is InChI=1S/C18H30N4O.3ClH/c1-16(15-19-2)18(23)20(3)9-10-21-11-13-22(14-12-21)17-7-5-4-6-8-17;;;/h4-8,16,19H,9-15H2,1-3H3;3*1H. The minimum Gasteiger partial charge on any atom is -0.369 e. The summed E-state index contributed by atoms with van der Waals surface area (Å²) in [6.07, 6.45) is 0. The number of piperazine rings is 1. The molecule has 0 spiro atoms. The monoisotopic (exact) mass is 426 g/mol. The number of benzene rings is 1. The van der Waals surface area contributed by atoms with Crippen molar-refractivity contribution in [2.45, 2.75) is 6.92 Å². The van der Waals surface area contributed by atoms with E-state index in [-0.39, 0.29) is 49.0 Å². The number of nitrogens with zero attached hydrogens (tertiary/aromatic N) is 3. The van der Waals surface area contributed by atoms with Gasteiger partial charge in [-0.3, -0.25) is 9.69 Å². The Balaban J connectivity index is 0. The first kappa shape index (κ1) is 27.5. The van der Waals surface area contributed by atoms with Crippen molar-refractivity contribution in [1.82, 2.24) is 15.1 Å². The van der Waals surface area contributed by atoms with Gasteiger partial charge in [-0.05, 0) is 19.2 Å². The fourth-order valence-electron chi connectivity index (χ4n) is 3.04. The van der Waals surface area contributed by atoms with Crippen LogP contribution in [0.3, 0.4) is 0 Å². The third kappa shape index (κ3) is 8.31. The van der Waals surface area contributed by atoms with Crippen LogP contribution in [0.25, 0.3) is 0 Å². The first-order chi connectivity index (χ1) is 11.1. The molecule has 1 aromatic carbocycles. The number of halogens is 3. The Morgan fingerprint density at radius 1 is 1.12 bits per heavy atom. The van der Waals surface area contributed by atoms with Gasteiger partial charge in [0.15, 0.2) is 0 Å². The summed E-state index contributed by atoms with van der Waals surface area (Å²) in [6.45, 7) is 8.70. The average Bonchev–Trinajstić information content (AvgIpc) is 2.60. The number of carbonyl (C=O) groups excluding carboxylic acids is 1. The zero-order chi connectivity index (χ0) is 16.7. The van der Waals surface area contributed by atoms with Crippen molar-refractivity contribution in [3.05, 3.63) is 30.3 Å². The summed E-state index contributed by atoms with van der Waals surface area (Å²) >= 11 is 0. The third-order valence-corrected chi connectivity index (χ3v) is 4.55. The quantitative estimate of drug-likeness (QED) is 0.725. The zero-order valence-electron chi connectivity index (χ0n) is 15.9. The molecule has 1 heterocycles. The predicted molar refractivity (Wildman–Crippen MR) is 118 cm³/mol. The van der Waals surface area contributed by atoms with Crippen molar-refractivity contribution in [2.24, 2.45) is 5.92 Å². The van der Waals surface area contributed by atoms with Gasteiger partial charge in [-0.15, -0.1) is 37.2 Å². The summed E-state index contributed by atoms with van der Waals surface area (Å²) in [6, 6.07) is 10.6. The van der Waals surface area contributed by atoms with E-state index in [0.717, 1.165) is 45.8 Å². The topological polar surface area (TPSA) is 38.8 Å². The van der Waals surface area contributed by atoms with Crippen LogP contribution in [0.1, 0.15) is 6.92 Å². The molecular formula is C18H33Cl3N4O. The van der Waals surface area contributed by atoms with Crippen LogP contribution in [0.5, 0.6) is 0 Å².